The van der Waals surface area contributed by atoms with E-state index >= 15 is 0 Å². The highest BCUT2D eigenvalue weighted by molar-refractivity contribution is 9.10. The third-order valence-corrected chi connectivity index (χ3v) is 5.03. The van der Waals surface area contributed by atoms with E-state index in [2.05, 4.69) is 64.6 Å². The smallest absolute Gasteiger partial charge is 0.0449 e. The number of hydrogen-bond donors (Lipinski definition) is 1. The molecule has 0 aromatic heterocycles. The quantitative estimate of drug-likeness (QED) is 0.859. The normalized spacial score (nSPS) is 16.8. The number of benzene rings is 2. The molecular formula is C17H17BrClN. The number of halogens is 2. The molecule has 0 unspecified atom stereocenters. The van der Waals surface area contributed by atoms with Crippen molar-refractivity contribution in [3.05, 3.63) is 68.7 Å². The number of nitrogens with one attached hydrogen (secondary N) is 1. The molecule has 1 N–H and O–H groups in total. The zero-order chi connectivity index (χ0) is 14.2. The van der Waals surface area contributed by atoms with Gasteiger partial charge in [-0.1, -0.05) is 57.9 Å². The lowest BCUT2D eigenvalue weighted by atomic mass is 9.69. The van der Waals surface area contributed by atoms with Crippen molar-refractivity contribution in [3.8, 4) is 0 Å². The Bertz CT molecular complexity index is 635. The summed E-state index contributed by atoms with van der Waals surface area (Å²) in [5.74, 6) is 0. The van der Waals surface area contributed by atoms with Crippen molar-refractivity contribution in [2.45, 2.75) is 18.8 Å². The maximum absolute atomic E-state index is 6.39. The van der Waals surface area contributed by atoms with E-state index in [4.69, 9.17) is 11.6 Å². The van der Waals surface area contributed by atoms with Gasteiger partial charge in [-0.2, -0.15) is 0 Å². The molecule has 0 radical (unpaired) electrons. The lowest BCUT2D eigenvalue weighted by Crippen LogP contribution is -2.58. The molecule has 20 heavy (non-hydrogen) atoms. The van der Waals surface area contributed by atoms with Crippen LogP contribution in [0.3, 0.4) is 0 Å². The van der Waals surface area contributed by atoms with E-state index in [9.17, 15) is 0 Å². The summed E-state index contributed by atoms with van der Waals surface area (Å²) in [5, 5.41) is 4.27. The molecule has 1 saturated heterocycles. The van der Waals surface area contributed by atoms with Gasteiger partial charge in [0.15, 0.2) is 0 Å². The molecule has 0 amide bonds. The second-order valence-corrected chi connectivity index (χ2v) is 6.93. The number of hydrogen-bond acceptors (Lipinski definition) is 1. The molecule has 1 heterocycles. The number of rotatable bonds is 3. The molecule has 3 heteroatoms. The van der Waals surface area contributed by atoms with E-state index in [0.717, 1.165) is 29.0 Å². The molecule has 3 rings (SSSR count). The van der Waals surface area contributed by atoms with Crippen molar-refractivity contribution in [2.75, 3.05) is 13.1 Å². The highest BCUT2D eigenvalue weighted by Gasteiger charge is 2.39. The van der Waals surface area contributed by atoms with Crippen LogP contribution in [0.25, 0.3) is 0 Å². The standard InChI is InChI=1S/C17H17BrClN/c1-12-4-2-3-5-15(12)17(10-20-11-17)9-13-6-7-14(18)8-16(13)19/h2-8,20H,9-11H2,1H3. The van der Waals surface area contributed by atoms with Gasteiger partial charge in [0.25, 0.3) is 0 Å². The van der Waals surface area contributed by atoms with E-state index in [0.29, 0.717) is 0 Å². The van der Waals surface area contributed by atoms with Gasteiger partial charge < -0.3 is 5.32 Å². The Labute approximate surface area is 133 Å². The van der Waals surface area contributed by atoms with Gasteiger partial charge in [-0.05, 0) is 42.2 Å². The van der Waals surface area contributed by atoms with Crippen LogP contribution in [-0.4, -0.2) is 13.1 Å². The lowest BCUT2D eigenvalue weighted by molar-refractivity contribution is 0.273. The Morgan fingerprint density at radius 2 is 1.95 bits per heavy atom. The molecule has 2 aromatic rings. The first-order valence-corrected chi connectivity index (χ1v) is 7.99. The van der Waals surface area contributed by atoms with Crippen molar-refractivity contribution < 1.29 is 0 Å². The molecule has 2 aromatic carbocycles. The Kier molecular flexibility index (Phi) is 3.89. The first-order chi connectivity index (χ1) is 9.61. The minimum atomic E-state index is 0.183. The fraction of sp³-hybridized carbons (Fsp3) is 0.294. The Morgan fingerprint density at radius 1 is 1.20 bits per heavy atom. The van der Waals surface area contributed by atoms with Gasteiger partial charge in [0.2, 0.25) is 0 Å². The van der Waals surface area contributed by atoms with Crippen LogP contribution in [0, 0.1) is 6.92 Å². The third kappa shape index (κ3) is 2.52. The van der Waals surface area contributed by atoms with Crippen LogP contribution in [0.2, 0.25) is 5.02 Å². The molecule has 0 atom stereocenters. The summed E-state index contributed by atoms with van der Waals surface area (Å²) >= 11 is 9.86. The summed E-state index contributed by atoms with van der Waals surface area (Å²) in [7, 11) is 0. The lowest BCUT2D eigenvalue weighted by Gasteiger charge is -2.44. The molecule has 0 aliphatic carbocycles. The molecule has 1 aliphatic heterocycles. The molecule has 1 aliphatic rings. The fourth-order valence-corrected chi connectivity index (χ4v) is 3.78. The fourth-order valence-electron chi connectivity index (χ4n) is 3.03. The van der Waals surface area contributed by atoms with Gasteiger partial charge in [0.1, 0.15) is 0 Å². The topological polar surface area (TPSA) is 12.0 Å². The van der Waals surface area contributed by atoms with Crippen LogP contribution in [0.5, 0.6) is 0 Å². The molecule has 0 spiro atoms. The van der Waals surface area contributed by atoms with E-state index in [1.165, 1.54) is 16.7 Å². The van der Waals surface area contributed by atoms with E-state index in [-0.39, 0.29) is 5.41 Å². The van der Waals surface area contributed by atoms with Crippen LogP contribution in [0.15, 0.2) is 46.9 Å². The van der Waals surface area contributed by atoms with Crippen molar-refractivity contribution in [1.82, 2.24) is 5.32 Å². The van der Waals surface area contributed by atoms with E-state index in [1.54, 1.807) is 0 Å². The average Bonchev–Trinajstić information content (AvgIpc) is 2.37. The van der Waals surface area contributed by atoms with Gasteiger partial charge in [0, 0.05) is 28.0 Å². The molecule has 1 nitrogen and oxygen atoms in total. The van der Waals surface area contributed by atoms with Crippen molar-refractivity contribution >= 4 is 27.5 Å². The summed E-state index contributed by atoms with van der Waals surface area (Å²) in [6.45, 7) is 4.23. The summed E-state index contributed by atoms with van der Waals surface area (Å²) in [6.07, 6.45) is 0.983. The van der Waals surface area contributed by atoms with Crippen LogP contribution < -0.4 is 5.32 Å². The van der Waals surface area contributed by atoms with Gasteiger partial charge in [-0.3, -0.25) is 0 Å². The number of aryl methyl sites for hydroxylation is 1. The zero-order valence-corrected chi connectivity index (χ0v) is 13.8. The van der Waals surface area contributed by atoms with E-state index < -0.39 is 0 Å². The van der Waals surface area contributed by atoms with Crippen molar-refractivity contribution in [2.24, 2.45) is 0 Å². The zero-order valence-electron chi connectivity index (χ0n) is 11.4. The third-order valence-electron chi connectivity index (χ3n) is 4.19. The Hall–Kier alpha value is -0.830. The van der Waals surface area contributed by atoms with Crippen molar-refractivity contribution in [3.63, 3.8) is 0 Å². The van der Waals surface area contributed by atoms with Crippen molar-refractivity contribution in [1.29, 1.82) is 0 Å². The van der Waals surface area contributed by atoms with E-state index in [1.807, 2.05) is 6.07 Å². The first kappa shape index (κ1) is 14.1. The summed E-state index contributed by atoms with van der Waals surface area (Å²) < 4.78 is 1.03. The SMILES string of the molecule is Cc1ccccc1C1(Cc2ccc(Br)cc2Cl)CNC1. The summed E-state index contributed by atoms with van der Waals surface area (Å²) in [4.78, 5) is 0. The van der Waals surface area contributed by atoms with Crippen LogP contribution in [0.1, 0.15) is 16.7 Å². The van der Waals surface area contributed by atoms with Gasteiger partial charge >= 0.3 is 0 Å². The highest BCUT2D eigenvalue weighted by atomic mass is 79.9. The Balaban J connectivity index is 1.96. The Morgan fingerprint density at radius 3 is 2.55 bits per heavy atom. The predicted molar refractivity (Wildman–Crippen MR) is 88.6 cm³/mol. The molecular weight excluding hydrogens is 334 g/mol. The van der Waals surface area contributed by atoms with Gasteiger partial charge in [-0.25, -0.2) is 0 Å². The first-order valence-electron chi connectivity index (χ1n) is 6.81. The second-order valence-electron chi connectivity index (χ2n) is 5.61. The second kappa shape index (κ2) is 5.51. The maximum atomic E-state index is 6.39. The maximum Gasteiger partial charge on any atom is 0.0449 e. The predicted octanol–water partition coefficient (Wildman–Crippen LogP) is 4.49. The van der Waals surface area contributed by atoms with Gasteiger partial charge in [0.05, 0.1) is 0 Å². The monoisotopic (exact) mass is 349 g/mol. The summed E-state index contributed by atoms with van der Waals surface area (Å²) in [5.41, 5.74) is 4.21. The molecule has 0 bridgehead atoms. The average molecular weight is 351 g/mol. The van der Waals surface area contributed by atoms with Crippen LogP contribution in [0.4, 0.5) is 0 Å². The minimum absolute atomic E-state index is 0.183. The van der Waals surface area contributed by atoms with Crippen LogP contribution >= 0.6 is 27.5 Å². The molecule has 0 saturated carbocycles. The van der Waals surface area contributed by atoms with Crippen LogP contribution in [-0.2, 0) is 11.8 Å². The minimum Gasteiger partial charge on any atom is -0.315 e. The molecule has 104 valence electrons. The van der Waals surface area contributed by atoms with Gasteiger partial charge in [-0.15, -0.1) is 0 Å². The largest absolute Gasteiger partial charge is 0.315 e. The molecule has 1 fully saturated rings. The highest BCUT2D eigenvalue weighted by Crippen LogP contribution is 2.36. The summed E-state index contributed by atoms with van der Waals surface area (Å²) in [6, 6.07) is 14.9.